The summed E-state index contributed by atoms with van der Waals surface area (Å²) in [6.45, 7) is 11.9. The first-order chi connectivity index (χ1) is 21.9. The van der Waals surface area contributed by atoms with Crippen molar-refractivity contribution >= 4 is 75.9 Å². The fourth-order valence-electron chi connectivity index (χ4n) is 4.36. The molecule has 1 aromatic carbocycles. The van der Waals surface area contributed by atoms with Gasteiger partial charge in [0.2, 0.25) is 0 Å². The number of alkyl halides is 2. The lowest BCUT2D eigenvalue weighted by atomic mass is 9.73. The summed E-state index contributed by atoms with van der Waals surface area (Å²) in [4.78, 5) is 0. The second-order valence-corrected chi connectivity index (χ2v) is 20.0. The van der Waals surface area contributed by atoms with Gasteiger partial charge in [-0.15, -0.1) is 0 Å². The first kappa shape index (κ1) is 46.2. The summed E-state index contributed by atoms with van der Waals surface area (Å²) >= 11 is 16.8. The molecule has 3 atom stereocenters. The molecular formula is C31H57BBr2Cl2N4O4P2. The van der Waals surface area contributed by atoms with Gasteiger partial charge in [0, 0.05) is 30.1 Å². The zero-order valence-corrected chi connectivity index (χ0v) is 35.2. The minimum absolute atomic E-state index is 0. The summed E-state index contributed by atoms with van der Waals surface area (Å²) in [6.07, 6.45) is 9.45. The summed E-state index contributed by atoms with van der Waals surface area (Å²) in [6, 6.07) is 3.83. The molecule has 8 nitrogen and oxygen atoms in total. The van der Waals surface area contributed by atoms with Gasteiger partial charge >= 0.3 is 13.7 Å². The van der Waals surface area contributed by atoms with Crippen molar-refractivity contribution in [1.82, 2.24) is 14.4 Å². The predicted molar refractivity (Wildman–Crippen MR) is 211 cm³/mol. The number of nitrogens with zero attached hydrogens (tertiary/aromatic N) is 2. The Kier molecular flexibility index (Phi) is 26.2. The zero-order valence-electron chi connectivity index (χ0n) is 29.7. The van der Waals surface area contributed by atoms with Crippen molar-refractivity contribution in [1.29, 1.82) is 0 Å². The summed E-state index contributed by atoms with van der Waals surface area (Å²) in [5, 5.41) is 16.0. The van der Waals surface area contributed by atoms with E-state index in [2.05, 4.69) is 71.3 Å². The molecule has 4 N–H and O–H groups in total. The van der Waals surface area contributed by atoms with Gasteiger partial charge in [-0.3, -0.25) is 4.57 Å². The molecule has 1 aliphatic carbocycles. The van der Waals surface area contributed by atoms with E-state index in [0.717, 1.165) is 68.0 Å². The molecule has 0 aliphatic heterocycles. The topological polar surface area (TPSA) is 108 Å². The van der Waals surface area contributed by atoms with Crippen molar-refractivity contribution in [2.24, 2.45) is 11.7 Å². The highest BCUT2D eigenvalue weighted by Gasteiger charge is 2.34. The third-order valence-electron chi connectivity index (χ3n) is 6.92. The van der Waals surface area contributed by atoms with Gasteiger partial charge in [-0.25, -0.2) is 19.0 Å². The number of hydrogen-bond acceptors (Lipinski definition) is 5. The zero-order chi connectivity index (χ0) is 36.8. The van der Waals surface area contributed by atoms with Gasteiger partial charge in [0.15, 0.2) is 0 Å². The average Bonchev–Trinajstić information content (AvgIpc) is 2.97. The molecule has 0 bridgehead atoms. The number of allylic oxidation sites excluding steroid dienone is 3. The van der Waals surface area contributed by atoms with Gasteiger partial charge in [0.25, 0.3) is 0 Å². The maximum atomic E-state index is 13.7. The first-order valence-electron chi connectivity index (χ1n) is 16.0. The van der Waals surface area contributed by atoms with Gasteiger partial charge in [-0.2, -0.15) is 0 Å². The molecule has 0 spiro atoms. The van der Waals surface area contributed by atoms with E-state index in [9.17, 15) is 14.2 Å². The van der Waals surface area contributed by atoms with Crippen molar-refractivity contribution in [3.63, 3.8) is 0 Å². The van der Waals surface area contributed by atoms with Crippen molar-refractivity contribution in [2.45, 2.75) is 78.4 Å². The fraction of sp³-hybridized carbons (Fsp3) is 0.677. The maximum Gasteiger partial charge on any atom is 0.392 e. The lowest BCUT2D eigenvalue weighted by Gasteiger charge is -2.33. The minimum atomic E-state index is -3.34. The molecule has 2 rings (SSSR count). The molecular weight excluding hydrogens is 796 g/mol. The van der Waals surface area contributed by atoms with Crippen molar-refractivity contribution < 1.29 is 20.1 Å². The highest BCUT2D eigenvalue weighted by Crippen LogP contribution is 2.58. The molecule has 0 saturated carbocycles. The van der Waals surface area contributed by atoms with E-state index >= 15 is 0 Å². The standard InChI is InChI=1S/C25H40BrN2O3P.C3H8BrN.C2H6Cl2NOP.CH3B/c1-7-8-9-10-20-16-23(29)25(22-15-19(4)11-12-21(22)18(2)3)24(17-20)31-32(30,28(5)6)27-14-13-26;4-2-1-3-5;1-5(2)7(3,4)6;1-2/h15-17,21-22,29H,2,7-14H2,1,3-6H3,(H,27,30);1-3,5H2;1-2H3;1H3/t21-,22+,32?;;;/m0.../s1/i;;;1D. The first-order valence-corrected chi connectivity index (χ1v) is 22.6. The number of aryl methyl sites for hydroxylation is 1. The molecule has 1 aromatic rings. The lowest BCUT2D eigenvalue weighted by Crippen LogP contribution is -2.27. The maximum absolute atomic E-state index is 13.7. The molecule has 0 aromatic heterocycles. The number of phenols is 1. The average molecular weight is 854 g/mol. The van der Waals surface area contributed by atoms with Crippen LogP contribution < -0.4 is 15.3 Å². The SMILES string of the molecule is C=C(C)[C@@H]1CCC(C)=C[C@H]1c1c(O)cc(CCCCC)cc1OP(=O)(NCCBr)N(C)C.CN(C)P(=O)(Cl)Cl.NCCCBr.[2H]C[B]. The van der Waals surface area contributed by atoms with Crippen LogP contribution in [0, 0.1) is 5.92 Å². The number of benzene rings is 1. The normalized spacial score (nSPS) is 17.6. The third-order valence-corrected chi connectivity index (χ3v) is 12.7. The Morgan fingerprint density at radius 1 is 1.20 bits per heavy atom. The number of hydrogen-bond donors (Lipinski definition) is 3. The number of rotatable bonds is 15. The summed E-state index contributed by atoms with van der Waals surface area (Å²) in [5.74, 6) is -2.11. The van der Waals surface area contributed by atoms with Crippen LogP contribution in [0.2, 0.25) is 6.80 Å². The van der Waals surface area contributed by atoms with Crippen LogP contribution in [-0.4, -0.2) is 74.2 Å². The Labute approximate surface area is 309 Å². The second-order valence-electron chi connectivity index (χ2n) is 11.2. The van der Waals surface area contributed by atoms with E-state index in [1.807, 2.05) is 19.1 Å². The summed E-state index contributed by atoms with van der Waals surface area (Å²) in [7, 11) is 7.78. The largest absolute Gasteiger partial charge is 0.507 e. The van der Waals surface area contributed by atoms with Gasteiger partial charge in [-0.05, 0) is 127 Å². The Bertz CT molecular complexity index is 1160. The van der Waals surface area contributed by atoms with Crippen LogP contribution in [0.15, 0.2) is 35.9 Å². The molecule has 15 heteroatoms. The molecule has 266 valence electrons. The van der Waals surface area contributed by atoms with E-state index in [4.69, 9.17) is 34.1 Å². The van der Waals surface area contributed by atoms with Crippen molar-refractivity contribution in [2.75, 3.05) is 51.9 Å². The van der Waals surface area contributed by atoms with Gasteiger partial charge < -0.3 is 15.4 Å². The molecule has 0 fully saturated rings. The highest BCUT2D eigenvalue weighted by molar-refractivity contribution is 9.09. The van der Waals surface area contributed by atoms with Crippen LogP contribution in [0.3, 0.4) is 0 Å². The fourth-order valence-corrected chi connectivity index (χ4v) is 6.51. The minimum Gasteiger partial charge on any atom is -0.507 e. The Balaban J connectivity index is 0. The van der Waals surface area contributed by atoms with Crippen LogP contribution in [0.1, 0.15) is 77.7 Å². The highest BCUT2D eigenvalue weighted by atomic mass is 79.9. The van der Waals surface area contributed by atoms with Gasteiger partial charge in [-0.1, -0.05) is 82.2 Å². The monoisotopic (exact) mass is 851 g/mol. The summed E-state index contributed by atoms with van der Waals surface area (Å²) < 4.78 is 39.2. The van der Waals surface area contributed by atoms with Crippen molar-refractivity contribution in [3.05, 3.63) is 47.1 Å². The van der Waals surface area contributed by atoms with Crippen molar-refractivity contribution in [3.8, 4) is 11.5 Å². The molecule has 0 heterocycles. The number of phenolic OH excluding ortho intramolecular Hbond substituents is 1. The number of unbranched alkanes of at least 4 members (excludes halogenated alkanes) is 2. The van der Waals surface area contributed by atoms with Gasteiger partial charge in [0.1, 0.15) is 11.5 Å². The number of nitrogens with two attached hydrogens (primary N) is 1. The second kappa shape index (κ2) is 26.1. The van der Waals surface area contributed by atoms with Crippen LogP contribution >= 0.6 is 68.0 Å². The molecule has 1 unspecified atom stereocenters. The Morgan fingerprint density at radius 2 is 1.78 bits per heavy atom. The summed E-state index contributed by atoms with van der Waals surface area (Å²) in [5.41, 5.74) is 9.20. The Hall–Kier alpha value is 0.205. The number of nitrogens with one attached hydrogen (secondary N) is 1. The molecule has 2 radical (unpaired) electrons. The smallest absolute Gasteiger partial charge is 0.392 e. The van der Waals surface area contributed by atoms with Gasteiger partial charge in [0.05, 0.1) is 7.85 Å². The van der Waals surface area contributed by atoms with E-state index in [-0.39, 0.29) is 24.4 Å². The molecule has 1 aliphatic rings. The van der Waals surface area contributed by atoms with Crippen LogP contribution in [-0.2, 0) is 15.6 Å². The Morgan fingerprint density at radius 3 is 2.20 bits per heavy atom. The molecule has 46 heavy (non-hydrogen) atoms. The van der Waals surface area contributed by atoms with E-state index in [0.29, 0.717) is 23.2 Å². The van der Waals surface area contributed by atoms with E-state index < -0.39 is 13.7 Å². The van der Waals surface area contributed by atoms with Crippen LogP contribution in [0.4, 0.5) is 0 Å². The van der Waals surface area contributed by atoms with Crippen LogP contribution in [0.25, 0.3) is 0 Å². The quantitative estimate of drug-likeness (QED) is 0.0527. The lowest BCUT2D eigenvalue weighted by molar-refractivity contribution is 0.387. The third kappa shape index (κ3) is 18.8. The number of aromatic hydroxyl groups is 1. The predicted octanol–water partition coefficient (Wildman–Crippen LogP) is 10.2. The van der Waals surface area contributed by atoms with E-state index in [1.165, 1.54) is 10.2 Å². The van der Waals surface area contributed by atoms with Crippen LogP contribution in [0.5, 0.6) is 11.5 Å². The molecule has 0 amide bonds. The number of halogens is 4. The van der Waals surface area contributed by atoms with E-state index in [1.54, 1.807) is 32.9 Å². The molecule has 0 saturated heterocycles.